The third-order valence-electron chi connectivity index (χ3n) is 5.57. The maximum Gasteiger partial charge on any atom is 0.338 e. The molecule has 0 amide bonds. The number of thiazole rings is 1. The number of fused-ring (bicyclic) bond motifs is 1. The highest BCUT2D eigenvalue weighted by Crippen LogP contribution is 2.30. The molecular formula is C26H19ClN2O4S. The number of furan rings is 1. The first kappa shape index (κ1) is 22.1. The lowest BCUT2D eigenvalue weighted by Crippen LogP contribution is -2.39. The second kappa shape index (κ2) is 8.93. The normalized spacial score (nSPS) is 15.7. The highest BCUT2D eigenvalue weighted by molar-refractivity contribution is 7.07. The van der Waals surface area contributed by atoms with Gasteiger partial charge in [0.2, 0.25) is 0 Å². The van der Waals surface area contributed by atoms with E-state index in [1.54, 1.807) is 29.7 Å². The Morgan fingerprint density at radius 1 is 1.12 bits per heavy atom. The van der Waals surface area contributed by atoms with Crippen molar-refractivity contribution in [3.05, 3.63) is 114 Å². The van der Waals surface area contributed by atoms with Gasteiger partial charge in [0.05, 0.1) is 29.0 Å². The summed E-state index contributed by atoms with van der Waals surface area (Å²) in [5.41, 5.74) is 2.30. The van der Waals surface area contributed by atoms with Gasteiger partial charge in [-0.3, -0.25) is 9.36 Å². The summed E-state index contributed by atoms with van der Waals surface area (Å²) in [5, 5.41) is 0.645. The SMILES string of the molecule is COC(=O)C1=C(C)N=c2sc(=Cc3ccc(-c4ccc(Cl)cc4)o3)c(=O)n2C1c1ccccc1. The molecule has 0 spiro atoms. The van der Waals surface area contributed by atoms with Crippen LogP contribution in [0.2, 0.25) is 5.02 Å². The van der Waals surface area contributed by atoms with Gasteiger partial charge in [0.1, 0.15) is 11.5 Å². The van der Waals surface area contributed by atoms with E-state index in [0.717, 1.165) is 11.1 Å². The zero-order valence-corrected chi connectivity index (χ0v) is 19.9. The fraction of sp³-hybridized carbons (Fsp3) is 0.115. The number of hydrogen-bond donors (Lipinski definition) is 0. The smallest absolute Gasteiger partial charge is 0.338 e. The molecule has 34 heavy (non-hydrogen) atoms. The zero-order valence-electron chi connectivity index (χ0n) is 18.3. The molecule has 0 saturated heterocycles. The van der Waals surface area contributed by atoms with Crippen LogP contribution in [0.25, 0.3) is 17.4 Å². The third kappa shape index (κ3) is 3.93. The maximum atomic E-state index is 13.5. The predicted octanol–water partition coefficient (Wildman–Crippen LogP) is 4.32. The minimum atomic E-state index is -0.631. The van der Waals surface area contributed by atoms with Crippen molar-refractivity contribution in [2.45, 2.75) is 13.0 Å². The number of rotatable bonds is 4. The number of esters is 1. The Bertz CT molecular complexity index is 1590. The molecule has 1 aliphatic rings. The Hall–Kier alpha value is -3.68. The van der Waals surface area contributed by atoms with E-state index in [2.05, 4.69) is 4.99 Å². The molecule has 5 rings (SSSR count). The number of allylic oxidation sites excluding steroid dienone is 1. The molecule has 0 bridgehead atoms. The number of carbonyl (C=O) groups is 1. The van der Waals surface area contributed by atoms with Crippen molar-refractivity contribution in [1.82, 2.24) is 4.57 Å². The van der Waals surface area contributed by atoms with Crippen LogP contribution < -0.4 is 14.9 Å². The van der Waals surface area contributed by atoms with Gasteiger partial charge in [0, 0.05) is 16.7 Å². The maximum absolute atomic E-state index is 13.5. The van der Waals surface area contributed by atoms with Crippen LogP contribution in [0.3, 0.4) is 0 Å². The summed E-state index contributed by atoms with van der Waals surface area (Å²) in [4.78, 5) is 31.3. The van der Waals surface area contributed by atoms with Crippen molar-refractivity contribution in [2.75, 3.05) is 7.11 Å². The monoisotopic (exact) mass is 490 g/mol. The lowest BCUT2D eigenvalue weighted by Gasteiger charge is -2.24. The van der Waals surface area contributed by atoms with E-state index in [4.69, 9.17) is 20.8 Å². The first-order valence-electron chi connectivity index (χ1n) is 10.5. The molecule has 2 aromatic heterocycles. The van der Waals surface area contributed by atoms with Gasteiger partial charge in [-0.25, -0.2) is 9.79 Å². The van der Waals surface area contributed by atoms with Crippen molar-refractivity contribution >= 4 is 35.0 Å². The van der Waals surface area contributed by atoms with Gasteiger partial charge in [0.15, 0.2) is 4.80 Å². The molecular weight excluding hydrogens is 472 g/mol. The minimum Gasteiger partial charge on any atom is -0.466 e. The summed E-state index contributed by atoms with van der Waals surface area (Å²) in [6.07, 6.45) is 1.70. The molecule has 0 saturated carbocycles. The van der Waals surface area contributed by atoms with Crippen LogP contribution in [-0.4, -0.2) is 17.6 Å². The summed E-state index contributed by atoms with van der Waals surface area (Å²) in [6, 6.07) is 19.7. The van der Waals surface area contributed by atoms with E-state index in [1.165, 1.54) is 18.4 Å². The lowest BCUT2D eigenvalue weighted by atomic mass is 9.96. The number of halogens is 1. The first-order valence-corrected chi connectivity index (χ1v) is 11.7. The van der Waals surface area contributed by atoms with Crippen LogP contribution in [0.4, 0.5) is 0 Å². The molecule has 8 heteroatoms. The molecule has 0 radical (unpaired) electrons. The molecule has 3 heterocycles. The van der Waals surface area contributed by atoms with Crippen LogP contribution in [0.5, 0.6) is 0 Å². The van der Waals surface area contributed by atoms with Gasteiger partial charge < -0.3 is 9.15 Å². The third-order valence-corrected chi connectivity index (χ3v) is 6.81. The van der Waals surface area contributed by atoms with Gasteiger partial charge in [-0.1, -0.05) is 53.3 Å². The summed E-state index contributed by atoms with van der Waals surface area (Å²) >= 11 is 7.22. The molecule has 6 nitrogen and oxygen atoms in total. The Kier molecular flexibility index (Phi) is 5.81. The van der Waals surface area contributed by atoms with Crippen LogP contribution in [0.15, 0.2) is 92.2 Å². The number of nitrogens with zero attached hydrogens (tertiary/aromatic N) is 2. The number of ether oxygens (including phenoxy) is 1. The highest BCUT2D eigenvalue weighted by atomic mass is 35.5. The van der Waals surface area contributed by atoms with Crippen LogP contribution in [0.1, 0.15) is 24.3 Å². The predicted molar refractivity (Wildman–Crippen MR) is 131 cm³/mol. The Morgan fingerprint density at radius 2 is 1.85 bits per heavy atom. The van der Waals surface area contributed by atoms with E-state index in [1.807, 2.05) is 54.6 Å². The van der Waals surface area contributed by atoms with Crippen molar-refractivity contribution in [2.24, 2.45) is 4.99 Å². The van der Waals surface area contributed by atoms with Gasteiger partial charge in [-0.2, -0.15) is 0 Å². The van der Waals surface area contributed by atoms with E-state index in [0.29, 0.717) is 37.1 Å². The van der Waals surface area contributed by atoms with Crippen molar-refractivity contribution in [3.63, 3.8) is 0 Å². The Morgan fingerprint density at radius 3 is 2.56 bits per heavy atom. The molecule has 0 aliphatic carbocycles. The first-order chi connectivity index (χ1) is 16.5. The van der Waals surface area contributed by atoms with Gasteiger partial charge in [-0.05, 0) is 48.9 Å². The molecule has 170 valence electrons. The molecule has 0 N–H and O–H groups in total. The number of methoxy groups -OCH3 is 1. The number of aromatic nitrogens is 1. The minimum absolute atomic E-state index is 0.254. The zero-order chi connectivity index (χ0) is 23.8. The summed E-state index contributed by atoms with van der Waals surface area (Å²) in [5.74, 6) is 0.695. The quantitative estimate of drug-likeness (QED) is 0.399. The van der Waals surface area contributed by atoms with Crippen molar-refractivity contribution in [3.8, 4) is 11.3 Å². The fourth-order valence-electron chi connectivity index (χ4n) is 3.97. The van der Waals surface area contributed by atoms with Crippen LogP contribution in [-0.2, 0) is 9.53 Å². The van der Waals surface area contributed by atoms with E-state index in [-0.39, 0.29) is 5.56 Å². The van der Waals surface area contributed by atoms with Gasteiger partial charge in [-0.15, -0.1) is 0 Å². The molecule has 0 fully saturated rings. The van der Waals surface area contributed by atoms with Gasteiger partial charge in [0.25, 0.3) is 5.56 Å². The number of benzene rings is 2. The topological polar surface area (TPSA) is 73.8 Å². The van der Waals surface area contributed by atoms with Crippen molar-refractivity contribution in [1.29, 1.82) is 0 Å². The van der Waals surface area contributed by atoms with E-state index < -0.39 is 12.0 Å². The van der Waals surface area contributed by atoms with E-state index >= 15 is 0 Å². The average molecular weight is 491 g/mol. The second-order valence-corrected chi connectivity index (χ2v) is 9.14. The molecule has 1 unspecified atom stereocenters. The molecule has 1 aliphatic heterocycles. The lowest BCUT2D eigenvalue weighted by molar-refractivity contribution is -0.136. The summed E-state index contributed by atoms with van der Waals surface area (Å²) < 4.78 is 13.0. The number of hydrogen-bond acceptors (Lipinski definition) is 6. The fourth-order valence-corrected chi connectivity index (χ4v) is 5.12. The van der Waals surface area contributed by atoms with Gasteiger partial charge >= 0.3 is 5.97 Å². The summed E-state index contributed by atoms with van der Waals surface area (Å²) in [7, 11) is 1.32. The highest BCUT2D eigenvalue weighted by Gasteiger charge is 2.32. The Balaban J connectivity index is 1.63. The molecule has 4 aromatic rings. The van der Waals surface area contributed by atoms with Crippen LogP contribution in [0, 0.1) is 0 Å². The Labute approximate surface area is 203 Å². The van der Waals surface area contributed by atoms with E-state index in [9.17, 15) is 9.59 Å². The number of carbonyl (C=O) groups excluding carboxylic acids is 1. The van der Waals surface area contributed by atoms with Crippen LogP contribution >= 0.6 is 22.9 Å². The standard InChI is InChI=1S/C26H19ClN2O4S/c1-15-22(25(31)32-2)23(17-6-4-3-5-7-17)29-24(30)21(34-26(29)28-15)14-19-12-13-20(33-19)16-8-10-18(27)11-9-16/h3-14,23H,1-2H3. The molecule has 1 atom stereocenters. The second-order valence-electron chi connectivity index (χ2n) is 7.69. The average Bonchev–Trinajstić information content (AvgIpc) is 3.43. The molecule has 2 aromatic carbocycles. The largest absolute Gasteiger partial charge is 0.466 e. The summed E-state index contributed by atoms with van der Waals surface area (Å²) in [6.45, 7) is 1.75. The van der Waals surface area contributed by atoms with Crippen molar-refractivity contribution < 1.29 is 13.9 Å².